The number of hydrogen-bond acceptors (Lipinski definition) is 5. The van der Waals surface area contributed by atoms with Gasteiger partial charge in [0.25, 0.3) is 5.56 Å². The van der Waals surface area contributed by atoms with Crippen molar-refractivity contribution >= 4 is 29.3 Å². The molecule has 0 saturated carbocycles. The Balaban J connectivity index is 1.76. The van der Waals surface area contributed by atoms with Crippen molar-refractivity contribution in [3.05, 3.63) is 50.8 Å². The Morgan fingerprint density at radius 1 is 1.15 bits per heavy atom. The summed E-state index contributed by atoms with van der Waals surface area (Å²) in [7, 11) is 2.06. The van der Waals surface area contributed by atoms with E-state index < -0.39 is 5.92 Å². The molecule has 1 fully saturated rings. The number of aromatic nitrogens is 2. The standard InChI is InChI=1S/C18H20ClN5O2/c1-23-6-8-24(9-7-23)18-21-16-15(17(26)22-18)12(10-14(25)20-16)11-4-2-3-5-13(11)19/h2-5,12H,6-10H2,1H3,(H2,20,21,22,25,26)/t12-/m0/s1. The van der Waals surface area contributed by atoms with E-state index in [9.17, 15) is 9.59 Å². The Kier molecular flexibility index (Phi) is 4.42. The van der Waals surface area contributed by atoms with Gasteiger partial charge in [-0.05, 0) is 18.7 Å². The molecule has 2 N–H and O–H groups in total. The first-order valence-corrected chi connectivity index (χ1v) is 9.02. The first-order chi connectivity index (χ1) is 12.5. The van der Waals surface area contributed by atoms with Crippen LogP contribution in [0.15, 0.2) is 29.1 Å². The average Bonchev–Trinajstić information content (AvgIpc) is 2.61. The topological polar surface area (TPSA) is 81.3 Å². The monoisotopic (exact) mass is 373 g/mol. The van der Waals surface area contributed by atoms with Gasteiger partial charge in [0.15, 0.2) is 0 Å². The molecular formula is C18H20ClN5O2. The molecule has 1 saturated heterocycles. The maximum absolute atomic E-state index is 12.9. The number of H-pyrrole nitrogens is 1. The number of carbonyl (C=O) groups excluding carboxylic acids is 1. The molecule has 1 aromatic heterocycles. The molecule has 2 aromatic rings. The number of nitrogens with zero attached hydrogens (tertiary/aromatic N) is 3. The number of piperazine rings is 1. The second-order valence-electron chi connectivity index (χ2n) is 6.77. The summed E-state index contributed by atoms with van der Waals surface area (Å²) in [4.78, 5) is 36.8. The minimum absolute atomic E-state index is 0.162. The van der Waals surface area contributed by atoms with Gasteiger partial charge in [0.2, 0.25) is 11.9 Å². The molecular weight excluding hydrogens is 354 g/mol. The van der Waals surface area contributed by atoms with Crippen molar-refractivity contribution in [3.8, 4) is 0 Å². The van der Waals surface area contributed by atoms with E-state index in [-0.39, 0.29) is 17.9 Å². The van der Waals surface area contributed by atoms with Crippen molar-refractivity contribution in [1.29, 1.82) is 0 Å². The van der Waals surface area contributed by atoms with Crippen LogP contribution in [0.25, 0.3) is 0 Å². The largest absolute Gasteiger partial charge is 0.340 e. The van der Waals surface area contributed by atoms with E-state index in [2.05, 4.69) is 27.2 Å². The van der Waals surface area contributed by atoms with Gasteiger partial charge in [-0.1, -0.05) is 29.8 Å². The highest BCUT2D eigenvalue weighted by Gasteiger charge is 2.32. The van der Waals surface area contributed by atoms with Crippen LogP contribution >= 0.6 is 11.6 Å². The number of likely N-dealkylation sites (N-methyl/N-ethyl adjacent to an activating group) is 1. The van der Waals surface area contributed by atoms with Crippen LogP contribution < -0.4 is 15.8 Å². The SMILES string of the molecule is CN1CCN(c2nc3c(c(=O)[nH]2)[C@H](c2ccccc2Cl)CC(=O)N3)CC1. The molecule has 8 heteroatoms. The van der Waals surface area contributed by atoms with Gasteiger partial charge in [0.1, 0.15) is 5.82 Å². The van der Waals surface area contributed by atoms with Crippen LogP contribution in [-0.2, 0) is 4.79 Å². The summed E-state index contributed by atoms with van der Waals surface area (Å²) in [5, 5.41) is 3.30. The highest BCUT2D eigenvalue weighted by Crippen LogP contribution is 2.37. The van der Waals surface area contributed by atoms with E-state index in [0.29, 0.717) is 22.4 Å². The van der Waals surface area contributed by atoms with Crippen molar-refractivity contribution in [1.82, 2.24) is 14.9 Å². The van der Waals surface area contributed by atoms with Gasteiger partial charge in [-0.3, -0.25) is 14.6 Å². The summed E-state index contributed by atoms with van der Waals surface area (Å²) in [6, 6.07) is 7.30. The summed E-state index contributed by atoms with van der Waals surface area (Å²) in [6.07, 6.45) is 0.176. The van der Waals surface area contributed by atoms with Crippen LogP contribution in [0.5, 0.6) is 0 Å². The molecule has 26 heavy (non-hydrogen) atoms. The van der Waals surface area contributed by atoms with Crippen LogP contribution in [0.1, 0.15) is 23.5 Å². The number of nitrogens with one attached hydrogen (secondary N) is 2. The highest BCUT2D eigenvalue weighted by molar-refractivity contribution is 6.31. The van der Waals surface area contributed by atoms with Gasteiger partial charge in [-0.15, -0.1) is 0 Å². The van der Waals surface area contributed by atoms with Gasteiger partial charge in [-0.2, -0.15) is 4.98 Å². The predicted molar refractivity (Wildman–Crippen MR) is 101 cm³/mol. The number of fused-ring (bicyclic) bond motifs is 1. The highest BCUT2D eigenvalue weighted by atomic mass is 35.5. The number of carbonyl (C=O) groups is 1. The van der Waals surface area contributed by atoms with Crippen molar-refractivity contribution < 1.29 is 4.79 Å². The normalized spacial score (nSPS) is 20.6. The van der Waals surface area contributed by atoms with E-state index in [0.717, 1.165) is 31.7 Å². The number of anilines is 2. The lowest BCUT2D eigenvalue weighted by Crippen LogP contribution is -2.46. The molecule has 2 aliphatic heterocycles. The summed E-state index contributed by atoms with van der Waals surface area (Å²) < 4.78 is 0. The third kappa shape index (κ3) is 3.08. The fraction of sp³-hybridized carbons (Fsp3) is 0.389. The number of benzene rings is 1. The molecule has 4 rings (SSSR count). The predicted octanol–water partition coefficient (Wildman–Crippen LogP) is 1.65. The zero-order chi connectivity index (χ0) is 18.3. The molecule has 0 unspecified atom stereocenters. The third-order valence-corrected chi connectivity index (χ3v) is 5.37. The zero-order valence-corrected chi connectivity index (χ0v) is 15.2. The van der Waals surface area contributed by atoms with E-state index >= 15 is 0 Å². The minimum Gasteiger partial charge on any atom is -0.340 e. The maximum atomic E-state index is 12.9. The molecule has 0 spiro atoms. The van der Waals surface area contributed by atoms with Crippen LogP contribution in [-0.4, -0.2) is 54.0 Å². The number of hydrogen-bond donors (Lipinski definition) is 2. The van der Waals surface area contributed by atoms with Crippen molar-refractivity contribution in [2.45, 2.75) is 12.3 Å². The second-order valence-corrected chi connectivity index (χ2v) is 7.18. The van der Waals surface area contributed by atoms with E-state index in [1.165, 1.54) is 0 Å². The lowest BCUT2D eigenvalue weighted by molar-refractivity contribution is -0.116. The fourth-order valence-electron chi connectivity index (χ4n) is 3.55. The second kappa shape index (κ2) is 6.74. The van der Waals surface area contributed by atoms with Crippen molar-refractivity contribution in [2.24, 2.45) is 0 Å². The summed E-state index contributed by atoms with van der Waals surface area (Å²) >= 11 is 6.31. The van der Waals surface area contributed by atoms with Gasteiger partial charge >= 0.3 is 0 Å². The molecule has 0 radical (unpaired) electrons. The number of halogens is 1. The number of aromatic amines is 1. The number of rotatable bonds is 2. The lowest BCUT2D eigenvalue weighted by Gasteiger charge is -2.33. The molecule has 1 aromatic carbocycles. The Morgan fingerprint density at radius 2 is 1.88 bits per heavy atom. The summed E-state index contributed by atoms with van der Waals surface area (Å²) in [5.41, 5.74) is 1.01. The Labute approximate surface area is 156 Å². The van der Waals surface area contributed by atoms with Gasteiger partial charge in [0, 0.05) is 43.5 Å². The Morgan fingerprint density at radius 3 is 2.62 bits per heavy atom. The minimum atomic E-state index is -0.398. The molecule has 2 aliphatic rings. The molecule has 136 valence electrons. The lowest BCUT2D eigenvalue weighted by atomic mass is 9.87. The maximum Gasteiger partial charge on any atom is 0.258 e. The van der Waals surface area contributed by atoms with Gasteiger partial charge in [0.05, 0.1) is 5.56 Å². The van der Waals surface area contributed by atoms with Crippen LogP contribution in [0.3, 0.4) is 0 Å². The molecule has 1 atom stereocenters. The first kappa shape index (κ1) is 17.1. The smallest absolute Gasteiger partial charge is 0.258 e. The van der Waals surface area contributed by atoms with Gasteiger partial charge in [-0.25, -0.2) is 0 Å². The Bertz CT molecular complexity index is 905. The molecule has 1 amide bonds. The van der Waals surface area contributed by atoms with Crippen LogP contribution in [0.2, 0.25) is 5.02 Å². The average molecular weight is 374 g/mol. The molecule has 7 nitrogen and oxygen atoms in total. The molecule has 0 aliphatic carbocycles. The quantitative estimate of drug-likeness (QED) is 0.836. The molecule has 3 heterocycles. The van der Waals surface area contributed by atoms with E-state index in [1.807, 2.05) is 23.1 Å². The van der Waals surface area contributed by atoms with E-state index in [4.69, 9.17) is 11.6 Å². The summed E-state index contributed by atoms with van der Waals surface area (Å²) in [5.74, 6) is 0.279. The third-order valence-electron chi connectivity index (χ3n) is 5.02. The van der Waals surface area contributed by atoms with Gasteiger partial charge < -0.3 is 15.1 Å². The zero-order valence-electron chi connectivity index (χ0n) is 14.5. The Hall–Kier alpha value is -2.38. The summed E-state index contributed by atoms with van der Waals surface area (Å²) in [6.45, 7) is 3.35. The van der Waals surface area contributed by atoms with Crippen LogP contribution in [0, 0.1) is 0 Å². The fourth-order valence-corrected chi connectivity index (χ4v) is 3.82. The molecule has 0 bridgehead atoms. The number of amides is 1. The first-order valence-electron chi connectivity index (χ1n) is 8.65. The van der Waals surface area contributed by atoms with E-state index in [1.54, 1.807) is 6.07 Å². The van der Waals surface area contributed by atoms with Crippen molar-refractivity contribution in [2.75, 3.05) is 43.4 Å². The van der Waals surface area contributed by atoms with Crippen molar-refractivity contribution in [3.63, 3.8) is 0 Å². The van der Waals surface area contributed by atoms with Crippen LogP contribution in [0.4, 0.5) is 11.8 Å².